The van der Waals surface area contributed by atoms with Gasteiger partial charge in [0.2, 0.25) is 11.8 Å². The van der Waals surface area contributed by atoms with Crippen LogP contribution in [0.15, 0.2) is 23.3 Å². The minimum atomic E-state index is -1.07. The zero-order chi connectivity index (χ0) is 28.0. The third-order valence-electron chi connectivity index (χ3n) is 5.75. The van der Waals surface area contributed by atoms with E-state index >= 15 is 0 Å². The molecule has 3 rings (SSSR count). The maximum absolute atomic E-state index is 12.9. The third kappa shape index (κ3) is 8.56. The maximum Gasteiger partial charge on any atom is 0.262 e. The van der Waals surface area contributed by atoms with Gasteiger partial charge in [-0.05, 0) is 30.2 Å². The van der Waals surface area contributed by atoms with E-state index in [0.717, 1.165) is 4.90 Å². The number of fused-ring (bicyclic) bond motifs is 1. The number of ether oxygens (including phenoxy) is 4. The van der Waals surface area contributed by atoms with Crippen molar-refractivity contribution in [3.8, 4) is 0 Å². The van der Waals surface area contributed by atoms with E-state index in [9.17, 15) is 24.0 Å². The van der Waals surface area contributed by atoms with Crippen LogP contribution < -0.4 is 10.6 Å². The lowest BCUT2D eigenvalue weighted by atomic mass is 10.0. The summed E-state index contributed by atoms with van der Waals surface area (Å²) in [5.74, 6) is -2.90. The van der Waals surface area contributed by atoms with Crippen molar-refractivity contribution in [1.82, 2.24) is 15.5 Å². The number of nitrogens with one attached hydrogen (secondary N) is 2. The summed E-state index contributed by atoms with van der Waals surface area (Å²) in [5, 5.41) is 8.16. The molecule has 1 atom stereocenters. The number of imide groups is 2. The van der Waals surface area contributed by atoms with Gasteiger partial charge in [0.15, 0.2) is 0 Å². The monoisotopic (exact) mass is 546 g/mol. The molecule has 1 aromatic carbocycles. The second kappa shape index (κ2) is 15.5. The third-order valence-corrected chi connectivity index (χ3v) is 5.75. The molecular weight excluding hydrogens is 516 g/mol. The van der Waals surface area contributed by atoms with Crippen LogP contribution in [0.5, 0.6) is 0 Å². The summed E-state index contributed by atoms with van der Waals surface area (Å²) < 4.78 is 21.3. The highest BCUT2D eigenvalue weighted by Gasteiger charge is 2.44. The first kappa shape index (κ1) is 29.7. The largest absolute Gasteiger partial charge is 0.379 e. The van der Waals surface area contributed by atoms with Gasteiger partial charge in [-0.2, -0.15) is 0 Å². The molecule has 2 heterocycles. The summed E-state index contributed by atoms with van der Waals surface area (Å²) in [7, 11) is 0. The van der Waals surface area contributed by atoms with Crippen molar-refractivity contribution in [2.24, 2.45) is 5.11 Å². The van der Waals surface area contributed by atoms with E-state index in [0.29, 0.717) is 46.2 Å². The molecule has 210 valence electrons. The van der Waals surface area contributed by atoms with Gasteiger partial charge in [0, 0.05) is 30.0 Å². The molecule has 15 heteroatoms. The normalized spacial score (nSPS) is 16.6. The fourth-order valence-corrected chi connectivity index (χ4v) is 3.86. The first-order valence-corrected chi connectivity index (χ1v) is 12.4. The Kier molecular flexibility index (Phi) is 11.8. The Hall–Kier alpha value is -3.88. The first-order valence-electron chi connectivity index (χ1n) is 12.4. The summed E-state index contributed by atoms with van der Waals surface area (Å²) in [5.41, 5.74) is 8.45. The lowest BCUT2D eigenvalue weighted by Crippen LogP contribution is -2.54. The van der Waals surface area contributed by atoms with Crippen LogP contribution in [0.3, 0.4) is 0 Å². The van der Waals surface area contributed by atoms with Crippen molar-refractivity contribution < 1.29 is 42.9 Å². The average Bonchev–Trinajstić information content (AvgIpc) is 3.17. The zero-order valence-corrected chi connectivity index (χ0v) is 21.3. The summed E-state index contributed by atoms with van der Waals surface area (Å²) in [6, 6.07) is 3.07. The van der Waals surface area contributed by atoms with Gasteiger partial charge >= 0.3 is 0 Å². The second-order valence-electron chi connectivity index (χ2n) is 8.37. The molecule has 2 N–H and O–H groups in total. The van der Waals surface area contributed by atoms with Crippen LogP contribution in [0.4, 0.5) is 0 Å². The number of amides is 5. The maximum atomic E-state index is 12.9. The molecule has 15 nitrogen and oxygen atoms in total. The Balaban J connectivity index is 1.28. The number of carbonyl (C=O) groups is 5. The van der Waals surface area contributed by atoms with Gasteiger partial charge in [0.1, 0.15) is 6.04 Å². The number of hydrogen-bond acceptors (Lipinski definition) is 10. The highest BCUT2D eigenvalue weighted by Crippen LogP contribution is 2.28. The fraction of sp³-hybridized carbons (Fsp3) is 0.542. The topological polar surface area (TPSA) is 198 Å². The predicted octanol–water partition coefficient (Wildman–Crippen LogP) is 0.194. The van der Waals surface area contributed by atoms with E-state index < -0.39 is 35.6 Å². The SMILES string of the molecule is [N-]=[N+]=NCCOCCOCCOCCOCCNC(=O)c1ccc2c(c1)C(=O)N(C1CCC(=O)NC1=O)C2=O. The molecule has 1 aromatic rings. The molecular formula is C24H30N6O9. The van der Waals surface area contributed by atoms with Crippen molar-refractivity contribution in [1.29, 1.82) is 0 Å². The molecule has 0 spiro atoms. The van der Waals surface area contributed by atoms with Crippen molar-refractivity contribution in [3.05, 3.63) is 45.3 Å². The molecule has 1 fully saturated rings. The van der Waals surface area contributed by atoms with Crippen LogP contribution in [0.25, 0.3) is 10.4 Å². The highest BCUT2D eigenvalue weighted by atomic mass is 16.6. The summed E-state index contributed by atoms with van der Waals surface area (Å²) in [6.45, 7) is 3.36. The van der Waals surface area contributed by atoms with Crippen LogP contribution in [-0.4, -0.2) is 106 Å². The zero-order valence-electron chi connectivity index (χ0n) is 21.3. The lowest BCUT2D eigenvalue weighted by molar-refractivity contribution is -0.136. The number of azide groups is 1. The Labute approximate surface area is 223 Å². The van der Waals surface area contributed by atoms with Gasteiger partial charge < -0.3 is 24.3 Å². The van der Waals surface area contributed by atoms with Crippen LogP contribution in [0, 0.1) is 0 Å². The summed E-state index contributed by atoms with van der Waals surface area (Å²) in [6.07, 6.45) is 0.0823. The van der Waals surface area contributed by atoms with E-state index in [1.165, 1.54) is 18.2 Å². The van der Waals surface area contributed by atoms with Gasteiger partial charge in [-0.3, -0.25) is 34.2 Å². The molecule has 2 aliphatic heterocycles. The van der Waals surface area contributed by atoms with Crippen molar-refractivity contribution >= 4 is 29.5 Å². The summed E-state index contributed by atoms with van der Waals surface area (Å²) in [4.78, 5) is 65.1. The summed E-state index contributed by atoms with van der Waals surface area (Å²) >= 11 is 0. The fourth-order valence-electron chi connectivity index (χ4n) is 3.86. The Morgan fingerprint density at radius 3 is 2.21 bits per heavy atom. The minimum Gasteiger partial charge on any atom is -0.379 e. The molecule has 5 amide bonds. The molecule has 39 heavy (non-hydrogen) atoms. The molecule has 1 saturated heterocycles. The smallest absolute Gasteiger partial charge is 0.262 e. The number of rotatable bonds is 17. The molecule has 0 bridgehead atoms. The average molecular weight is 547 g/mol. The highest BCUT2D eigenvalue weighted by molar-refractivity contribution is 6.24. The molecule has 0 aliphatic carbocycles. The molecule has 2 aliphatic rings. The van der Waals surface area contributed by atoms with Crippen LogP contribution in [0.1, 0.15) is 43.9 Å². The van der Waals surface area contributed by atoms with Gasteiger partial charge in [-0.1, -0.05) is 5.11 Å². The molecule has 0 radical (unpaired) electrons. The van der Waals surface area contributed by atoms with Gasteiger partial charge in [0.25, 0.3) is 17.7 Å². The standard InChI is InChI=1S/C24H30N6O9/c25-29-27-6-8-37-10-12-39-14-13-38-11-9-36-7-5-26-21(32)16-1-2-17-18(15-16)24(35)30(23(17)34)19-3-4-20(31)28-22(19)33/h1-2,15,19H,3-14H2,(H,26,32)(H,28,31,33). The molecule has 0 saturated carbocycles. The van der Waals surface area contributed by atoms with Crippen molar-refractivity contribution in [2.45, 2.75) is 18.9 Å². The number of hydrogen-bond donors (Lipinski definition) is 2. The van der Waals surface area contributed by atoms with E-state index in [1.54, 1.807) is 0 Å². The minimum absolute atomic E-state index is 0.0268. The predicted molar refractivity (Wildman–Crippen MR) is 133 cm³/mol. The Morgan fingerprint density at radius 2 is 1.56 bits per heavy atom. The quantitative estimate of drug-likeness (QED) is 0.0900. The Morgan fingerprint density at radius 1 is 0.949 bits per heavy atom. The van der Waals surface area contributed by atoms with E-state index in [4.69, 9.17) is 24.5 Å². The number of nitrogens with zero attached hydrogens (tertiary/aromatic N) is 4. The van der Waals surface area contributed by atoms with Crippen molar-refractivity contribution in [2.75, 3.05) is 65.9 Å². The van der Waals surface area contributed by atoms with E-state index in [1.807, 2.05) is 0 Å². The van der Waals surface area contributed by atoms with E-state index in [2.05, 4.69) is 20.7 Å². The second-order valence-corrected chi connectivity index (χ2v) is 8.37. The van der Waals surface area contributed by atoms with Gasteiger partial charge in [0.05, 0.1) is 64.0 Å². The molecule has 0 aromatic heterocycles. The Bertz CT molecular complexity index is 1120. The van der Waals surface area contributed by atoms with Crippen LogP contribution in [-0.2, 0) is 28.5 Å². The van der Waals surface area contributed by atoms with E-state index in [-0.39, 0.29) is 49.2 Å². The number of carbonyl (C=O) groups excluding carboxylic acids is 5. The first-order chi connectivity index (χ1) is 18.9. The number of piperidine rings is 1. The lowest BCUT2D eigenvalue weighted by Gasteiger charge is -2.27. The van der Waals surface area contributed by atoms with Crippen LogP contribution >= 0.6 is 0 Å². The van der Waals surface area contributed by atoms with Gasteiger partial charge in [-0.15, -0.1) is 0 Å². The van der Waals surface area contributed by atoms with Crippen molar-refractivity contribution in [3.63, 3.8) is 0 Å². The van der Waals surface area contributed by atoms with Crippen LogP contribution in [0.2, 0.25) is 0 Å². The number of benzene rings is 1. The molecule has 1 unspecified atom stereocenters. The van der Waals surface area contributed by atoms with Gasteiger partial charge in [-0.25, -0.2) is 0 Å².